The monoisotopic (exact) mass is 671 g/mol. The molecule has 0 saturated carbocycles. The van der Waals surface area contributed by atoms with Crippen LogP contribution in [0.25, 0.3) is 0 Å². The van der Waals surface area contributed by atoms with Crippen LogP contribution in [-0.4, -0.2) is 23.1 Å². The average Bonchev–Trinajstić information content (AvgIpc) is 3.07. The molecular formula is C44H78O4. The molecule has 0 bridgehead atoms. The molecule has 0 aliphatic rings. The van der Waals surface area contributed by atoms with Gasteiger partial charge >= 0.3 is 11.9 Å². The van der Waals surface area contributed by atoms with Crippen LogP contribution < -0.4 is 0 Å². The fraction of sp³-hybridized carbons (Fsp3) is 0.773. The standard InChI is InChI=1S/C44H78O4/c1-3-5-7-9-11-13-15-17-19-20-21-22-24-26-28-30-32-34-36-41-44(47)48-42(39-37-40-43(45)46)38-35-33-31-29-27-25-23-18-16-14-12-10-8-6-4-2/h11,13,17,19,21-22,26,28,42H,3-10,12,14-16,18,20,23-25,27,29-41H2,1-2H3,(H,45,46)/b13-11-,19-17-,22-21-,28-26-. The van der Waals surface area contributed by atoms with E-state index < -0.39 is 5.97 Å². The Morgan fingerprint density at radius 2 is 0.833 bits per heavy atom. The van der Waals surface area contributed by atoms with Gasteiger partial charge in [0.25, 0.3) is 0 Å². The first kappa shape index (κ1) is 45.9. The van der Waals surface area contributed by atoms with Gasteiger partial charge in [-0.25, -0.2) is 0 Å². The molecular weight excluding hydrogens is 592 g/mol. The maximum absolute atomic E-state index is 12.5. The van der Waals surface area contributed by atoms with Crippen LogP contribution in [0.4, 0.5) is 0 Å². The van der Waals surface area contributed by atoms with E-state index in [-0.39, 0.29) is 18.5 Å². The van der Waals surface area contributed by atoms with Crippen molar-refractivity contribution in [2.24, 2.45) is 0 Å². The second-order valence-corrected chi connectivity index (χ2v) is 13.8. The molecule has 0 aromatic rings. The van der Waals surface area contributed by atoms with Crippen molar-refractivity contribution in [1.29, 1.82) is 0 Å². The van der Waals surface area contributed by atoms with Gasteiger partial charge in [0.15, 0.2) is 0 Å². The molecule has 4 nitrogen and oxygen atoms in total. The molecule has 0 aliphatic carbocycles. The molecule has 278 valence electrons. The molecule has 0 heterocycles. The summed E-state index contributed by atoms with van der Waals surface area (Å²) in [4.78, 5) is 23.5. The number of carbonyl (C=O) groups excluding carboxylic acids is 1. The van der Waals surface area contributed by atoms with Gasteiger partial charge in [0.05, 0.1) is 0 Å². The van der Waals surface area contributed by atoms with Crippen molar-refractivity contribution in [1.82, 2.24) is 0 Å². The number of ether oxygens (including phenoxy) is 1. The summed E-state index contributed by atoms with van der Waals surface area (Å²) in [5.41, 5.74) is 0. The van der Waals surface area contributed by atoms with Crippen molar-refractivity contribution < 1.29 is 19.4 Å². The summed E-state index contributed by atoms with van der Waals surface area (Å²) in [5, 5.41) is 9.03. The zero-order chi connectivity index (χ0) is 35.0. The average molecular weight is 671 g/mol. The minimum Gasteiger partial charge on any atom is -0.481 e. The van der Waals surface area contributed by atoms with E-state index in [0.717, 1.165) is 57.8 Å². The second-order valence-electron chi connectivity index (χ2n) is 13.8. The van der Waals surface area contributed by atoms with Gasteiger partial charge < -0.3 is 9.84 Å². The Labute approximate surface area is 298 Å². The van der Waals surface area contributed by atoms with E-state index >= 15 is 0 Å². The predicted molar refractivity (Wildman–Crippen MR) is 209 cm³/mol. The van der Waals surface area contributed by atoms with Crippen LogP contribution in [0.1, 0.15) is 213 Å². The quantitative estimate of drug-likeness (QED) is 0.0406. The molecule has 0 amide bonds. The lowest BCUT2D eigenvalue weighted by Gasteiger charge is -2.18. The molecule has 0 aromatic heterocycles. The topological polar surface area (TPSA) is 63.6 Å². The number of hydrogen-bond acceptors (Lipinski definition) is 3. The molecule has 0 aliphatic heterocycles. The Hall–Kier alpha value is -2.10. The predicted octanol–water partition coefficient (Wildman–Crippen LogP) is 14.3. The number of esters is 1. The van der Waals surface area contributed by atoms with Gasteiger partial charge in [-0.1, -0.05) is 172 Å². The largest absolute Gasteiger partial charge is 0.481 e. The Morgan fingerprint density at radius 1 is 0.458 bits per heavy atom. The van der Waals surface area contributed by atoms with Crippen LogP contribution in [0.5, 0.6) is 0 Å². The molecule has 0 fully saturated rings. The van der Waals surface area contributed by atoms with Crippen LogP contribution in [0, 0.1) is 0 Å². The van der Waals surface area contributed by atoms with Gasteiger partial charge in [-0.15, -0.1) is 0 Å². The summed E-state index contributed by atoms with van der Waals surface area (Å²) in [6, 6.07) is 0. The number of aliphatic carboxylic acids is 1. The summed E-state index contributed by atoms with van der Waals surface area (Å²) in [6.07, 6.45) is 52.7. The van der Waals surface area contributed by atoms with E-state index in [2.05, 4.69) is 62.5 Å². The fourth-order valence-corrected chi connectivity index (χ4v) is 6.00. The number of carboxylic acids is 1. The molecule has 0 spiro atoms. The maximum atomic E-state index is 12.5. The first-order chi connectivity index (χ1) is 23.6. The zero-order valence-electron chi connectivity index (χ0n) is 31.8. The SMILES string of the molecule is CCCCC/C=C\C/C=C\C/C=C\C/C=C\CCCCCC(=O)OC(CCCCCCCCCCCCCCCCC)CCCC(=O)O. The minimum atomic E-state index is -0.777. The zero-order valence-corrected chi connectivity index (χ0v) is 31.8. The number of carbonyl (C=O) groups is 2. The summed E-state index contributed by atoms with van der Waals surface area (Å²) in [5.74, 6) is -0.893. The summed E-state index contributed by atoms with van der Waals surface area (Å²) in [6.45, 7) is 4.52. The van der Waals surface area contributed by atoms with E-state index in [1.807, 2.05) is 0 Å². The molecule has 4 heteroatoms. The summed E-state index contributed by atoms with van der Waals surface area (Å²) in [7, 11) is 0. The molecule has 0 radical (unpaired) electrons. The molecule has 0 rings (SSSR count). The number of rotatable bonds is 37. The first-order valence-corrected chi connectivity index (χ1v) is 20.6. The molecule has 1 N–H and O–H groups in total. The van der Waals surface area contributed by atoms with Gasteiger partial charge in [-0.3, -0.25) is 9.59 Å². The third kappa shape index (κ3) is 38.3. The normalized spacial score (nSPS) is 12.7. The van der Waals surface area contributed by atoms with Gasteiger partial charge in [0.2, 0.25) is 0 Å². The third-order valence-corrected chi connectivity index (χ3v) is 9.05. The van der Waals surface area contributed by atoms with Gasteiger partial charge in [0, 0.05) is 12.8 Å². The van der Waals surface area contributed by atoms with Crippen LogP contribution >= 0.6 is 0 Å². The van der Waals surface area contributed by atoms with E-state index in [0.29, 0.717) is 19.3 Å². The lowest BCUT2D eigenvalue weighted by molar-refractivity contribution is -0.150. The van der Waals surface area contributed by atoms with Crippen LogP contribution in [0.2, 0.25) is 0 Å². The Balaban J connectivity index is 3.88. The number of carboxylic acid groups (broad SMARTS) is 1. The van der Waals surface area contributed by atoms with Crippen molar-refractivity contribution in [3.05, 3.63) is 48.6 Å². The molecule has 0 aromatic carbocycles. The van der Waals surface area contributed by atoms with E-state index in [4.69, 9.17) is 9.84 Å². The highest BCUT2D eigenvalue weighted by atomic mass is 16.5. The lowest BCUT2D eigenvalue weighted by atomic mass is 10.0. The van der Waals surface area contributed by atoms with Gasteiger partial charge in [-0.2, -0.15) is 0 Å². The number of unbranched alkanes of at least 4 members (excludes halogenated alkanes) is 20. The van der Waals surface area contributed by atoms with E-state index in [1.54, 1.807) is 0 Å². The molecule has 0 saturated heterocycles. The minimum absolute atomic E-state index is 0.117. The van der Waals surface area contributed by atoms with E-state index in [1.165, 1.54) is 116 Å². The summed E-state index contributed by atoms with van der Waals surface area (Å²) >= 11 is 0. The van der Waals surface area contributed by atoms with Crippen LogP contribution in [0.3, 0.4) is 0 Å². The fourth-order valence-electron chi connectivity index (χ4n) is 6.00. The van der Waals surface area contributed by atoms with Crippen molar-refractivity contribution >= 4 is 11.9 Å². The van der Waals surface area contributed by atoms with Crippen molar-refractivity contribution in [2.45, 2.75) is 219 Å². The molecule has 48 heavy (non-hydrogen) atoms. The van der Waals surface area contributed by atoms with Crippen LogP contribution in [-0.2, 0) is 14.3 Å². The van der Waals surface area contributed by atoms with Crippen molar-refractivity contribution in [2.75, 3.05) is 0 Å². The molecule has 1 unspecified atom stereocenters. The van der Waals surface area contributed by atoms with Crippen LogP contribution in [0.15, 0.2) is 48.6 Å². The van der Waals surface area contributed by atoms with Crippen molar-refractivity contribution in [3.63, 3.8) is 0 Å². The Kier molecular flexibility index (Phi) is 37.6. The third-order valence-electron chi connectivity index (χ3n) is 9.05. The smallest absolute Gasteiger partial charge is 0.306 e. The lowest BCUT2D eigenvalue weighted by Crippen LogP contribution is -2.18. The highest BCUT2D eigenvalue weighted by Crippen LogP contribution is 2.18. The number of allylic oxidation sites excluding steroid dienone is 8. The number of hydrogen-bond donors (Lipinski definition) is 1. The summed E-state index contributed by atoms with van der Waals surface area (Å²) < 4.78 is 5.83. The van der Waals surface area contributed by atoms with E-state index in [9.17, 15) is 9.59 Å². The molecule has 1 atom stereocenters. The first-order valence-electron chi connectivity index (χ1n) is 20.6. The Bertz CT molecular complexity index is 809. The highest BCUT2D eigenvalue weighted by Gasteiger charge is 2.15. The van der Waals surface area contributed by atoms with Gasteiger partial charge in [-0.05, 0) is 77.0 Å². The van der Waals surface area contributed by atoms with Crippen molar-refractivity contribution in [3.8, 4) is 0 Å². The Morgan fingerprint density at radius 3 is 1.31 bits per heavy atom. The maximum Gasteiger partial charge on any atom is 0.306 e. The van der Waals surface area contributed by atoms with Gasteiger partial charge in [0.1, 0.15) is 6.10 Å². The highest BCUT2D eigenvalue weighted by molar-refractivity contribution is 5.69. The second kappa shape index (κ2) is 39.3.